The van der Waals surface area contributed by atoms with Crippen molar-refractivity contribution in [2.24, 2.45) is 0 Å². The van der Waals surface area contributed by atoms with E-state index in [0.717, 1.165) is 70.6 Å². The van der Waals surface area contributed by atoms with E-state index in [1.807, 2.05) is 55.8 Å². The summed E-state index contributed by atoms with van der Waals surface area (Å²) in [6.07, 6.45) is 4.47. The number of ether oxygens (including phenoxy) is 3. The minimum atomic E-state index is -0.208. The van der Waals surface area contributed by atoms with Crippen molar-refractivity contribution in [3.8, 4) is 28.8 Å². The minimum absolute atomic E-state index is 0.130. The van der Waals surface area contributed by atoms with E-state index in [2.05, 4.69) is 16.3 Å². The summed E-state index contributed by atoms with van der Waals surface area (Å²) < 4.78 is 19.9. The molecule has 0 spiro atoms. The molecule has 5 rings (SSSR count). The van der Waals surface area contributed by atoms with Crippen molar-refractivity contribution < 1.29 is 14.2 Å². The van der Waals surface area contributed by atoms with Crippen molar-refractivity contribution in [3.63, 3.8) is 0 Å². The average Bonchev–Trinajstić information content (AvgIpc) is 3.27. The van der Waals surface area contributed by atoms with Gasteiger partial charge in [0.15, 0.2) is 6.23 Å². The van der Waals surface area contributed by atoms with E-state index in [1.54, 1.807) is 19.4 Å². The minimum Gasteiger partial charge on any atom is -0.497 e. The van der Waals surface area contributed by atoms with Crippen molar-refractivity contribution in [2.75, 3.05) is 13.7 Å². The van der Waals surface area contributed by atoms with Gasteiger partial charge in [-0.2, -0.15) is 20.6 Å². The molecule has 4 aromatic rings. The number of nitriles is 1. The van der Waals surface area contributed by atoms with Gasteiger partial charge in [0.2, 0.25) is 0 Å². The highest BCUT2D eigenvalue weighted by Gasteiger charge is 2.23. The number of hydrogen-bond acceptors (Lipinski definition) is 7. The summed E-state index contributed by atoms with van der Waals surface area (Å²) in [7, 11) is 1.60. The van der Waals surface area contributed by atoms with E-state index in [0.29, 0.717) is 11.3 Å². The number of fused-ring (bicyclic) bond motifs is 1. The molecule has 1 fully saturated rings. The Morgan fingerprint density at radius 2 is 2.00 bits per heavy atom. The molecule has 0 aliphatic carbocycles. The summed E-state index contributed by atoms with van der Waals surface area (Å²) in [5.74, 6) is 1.33. The Bertz CT molecular complexity index is 1430. The van der Waals surface area contributed by atoms with E-state index in [1.165, 1.54) is 0 Å². The largest absolute Gasteiger partial charge is 0.497 e. The third-order valence-corrected chi connectivity index (χ3v) is 6.64. The molecule has 36 heavy (non-hydrogen) atoms. The molecule has 2 aromatic carbocycles. The predicted molar refractivity (Wildman–Crippen MR) is 136 cm³/mol. The first kappa shape index (κ1) is 23.8. The summed E-state index contributed by atoms with van der Waals surface area (Å²) in [5, 5.41) is 23.7. The molecule has 1 aliphatic rings. The maximum Gasteiger partial charge on any atom is 0.150 e. The molecule has 0 amide bonds. The molecule has 0 radical (unpaired) electrons. The number of hydrogen-bond donors (Lipinski definition) is 0. The van der Waals surface area contributed by atoms with Gasteiger partial charge >= 0.3 is 0 Å². The lowest BCUT2D eigenvalue weighted by Gasteiger charge is -2.23. The lowest BCUT2D eigenvalue weighted by Crippen LogP contribution is -2.19. The van der Waals surface area contributed by atoms with E-state index in [4.69, 9.17) is 19.3 Å². The fraction of sp³-hybridized carbons (Fsp3) is 0.357. The number of rotatable bonds is 6. The van der Waals surface area contributed by atoms with Gasteiger partial charge in [-0.15, -0.1) is 0 Å². The molecule has 1 aliphatic heterocycles. The lowest BCUT2D eigenvalue weighted by atomic mass is 10.0. The summed E-state index contributed by atoms with van der Waals surface area (Å²) >= 11 is 0. The molecule has 8 heteroatoms. The molecule has 3 heterocycles. The number of aromatic nitrogens is 4. The van der Waals surface area contributed by atoms with Crippen LogP contribution in [0.25, 0.3) is 22.2 Å². The molecule has 184 valence electrons. The van der Waals surface area contributed by atoms with Gasteiger partial charge < -0.3 is 14.2 Å². The van der Waals surface area contributed by atoms with Crippen LogP contribution in [0.4, 0.5) is 0 Å². The van der Waals surface area contributed by atoms with E-state index in [9.17, 15) is 5.26 Å². The second kappa shape index (κ2) is 9.96. The van der Waals surface area contributed by atoms with Crippen molar-refractivity contribution in [3.05, 3.63) is 65.0 Å². The van der Waals surface area contributed by atoms with Crippen molar-refractivity contribution in [1.29, 1.82) is 5.26 Å². The third-order valence-electron chi connectivity index (χ3n) is 6.64. The molecule has 1 saturated heterocycles. The number of methoxy groups -OCH3 is 1. The highest BCUT2D eigenvalue weighted by atomic mass is 16.5. The molecule has 2 aromatic heterocycles. The fourth-order valence-electron chi connectivity index (χ4n) is 4.95. The van der Waals surface area contributed by atoms with Gasteiger partial charge in [-0.05, 0) is 82.0 Å². The zero-order valence-electron chi connectivity index (χ0n) is 21.0. The van der Waals surface area contributed by atoms with Crippen LogP contribution in [0.5, 0.6) is 11.5 Å². The Morgan fingerprint density at radius 1 is 1.14 bits per heavy atom. The normalized spacial score (nSPS) is 16.5. The van der Waals surface area contributed by atoms with Crippen molar-refractivity contribution in [2.45, 2.75) is 52.4 Å². The molecule has 0 bridgehead atoms. The molecule has 1 unspecified atom stereocenters. The standard InChI is InChI=1S/C28H29N5O3/c1-17-16-30-31-18(2)27(17)19(3)36-22-8-9-25-24(14-22)28(32-33(25)26-7-5-6-10-35-26)21-11-20(15-29)12-23(13-21)34-4/h8-9,11-14,16,19,26H,5-7,10H2,1-4H3/t19-,26?/m1/s1. The Hall–Kier alpha value is -3.96. The summed E-state index contributed by atoms with van der Waals surface area (Å²) in [6.45, 7) is 6.70. The zero-order chi connectivity index (χ0) is 25.2. The highest BCUT2D eigenvalue weighted by Crippen LogP contribution is 2.37. The predicted octanol–water partition coefficient (Wildman–Crippen LogP) is 5.83. The molecule has 2 atom stereocenters. The maximum absolute atomic E-state index is 9.57. The number of aryl methyl sites for hydroxylation is 2. The quantitative estimate of drug-likeness (QED) is 0.340. The van der Waals surface area contributed by atoms with Gasteiger partial charge in [-0.3, -0.25) is 0 Å². The fourth-order valence-corrected chi connectivity index (χ4v) is 4.95. The van der Waals surface area contributed by atoms with E-state index >= 15 is 0 Å². The Kier molecular flexibility index (Phi) is 6.57. The van der Waals surface area contributed by atoms with Gasteiger partial charge in [-0.25, -0.2) is 4.68 Å². The van der Waals surface area contributed by atoms with Gasteiger partial charge in [0.05, 0.1) is 36.1 Å². The van der Waals surface area contributed by atoms with Gasteiger partial charge in [0.1, 0.15) is 23.3 Å². The highest BCUT2D eigenvalue weighted by molar-refractivity contribution is 5.94. The lowest BCUT2D eigenvalue weighted by molar-refractivity contribution is -0.0365. The van der Waals surface area contributed by atoms with E-state index < -0.39 is 0 Å². The summed E-state index contributed by atoms with van der Waals surface area (Å²) in [6, 6.07) is 13.7. The van der Waals surface area contributed by atoms with Crippen LogP contribution in [-0.2, 0) is 4.74 Å². The SMILES string of the molecule is COc1cc(C#N)cc(-c2nn(C3CCCCO3)c3ccc(O[C@H](C)c4c(C)cnnc4C)cc23)c1. The molecular weight excluding hydrogens is 454 g/mol. The van der Waals surface area contributed by atoms with Crippen LogP contribution >= 0.6 is 0 Å². The topological polar surface area (TPSA) is 95.1 Å². The first-order chi connectivity index (χ1) is 17.5. The first-order valence-electron chi connectivity index (χ1n) is 12.2. The van der Waals surface area contributed by atoms with Gasteiger partial charge in [0.25, 0.3) is 0 Å². The first-order valence-corrected chi connectivity index (χ1v) is 12.2. The summed E-state index contributed by atoms with van der Waals surface area (Å²) in [5.41, 5.74) is 5.95. The van der Waals surface area contributed by atoms with Crippen LogP contribution in [0.1, 0.15) is 60.9 Å². The smallest absolute Gasteiger partial charge is 0.150 e. The second-order valence-electron chi connectivity index (χ2n) is 9.14. The Morgan fingerprint density at radius 3 is 2.72 bits per heavy atom. The monoisotopic (exact) mass is 483 g/mol. The van der Waals surface area contributed by atoms with Crippen LogP contribution in [0.2, 0.25) is 0 Å². The Labute approximate surface area is 210 Å². The Balaban J connectivity index is 1.61. The van der Waals surface area contributed by atoms with Crippen LogP contribution in [0.3, 0.4) is 0 Å². The van der Waals surface area contributed by atoms with Crippen LogP contribution in [0, 0.1) is 25.2 Å². The van der Waals surface area contributed by atoms with Crippen molar-refractivity contribution in [1.82, 2.24) is 20.0 Å². The number of nitrogens with zero attached hydrogens (tertiary/aromatic N) is 5. The van der Waals surface area contributed by atoms with Gasteiger partial charge in [-0.1, -0.05) is 0 Å². The van der Waals surface area contributed by atoms with Crippen LogP contribution < -0.4 is 9.47 Å². The molecule has 0 N–H and O–H groups in total. The maximum atomic E-state index is 9.57. The molecule has 0 saturated carbocycles. The molecular formula is C28H29N5O3. The summed E-state index contributed by atoms with van der Waals surface area (Å²) in [4.78, 5) is 0. The number of benzene rings is 2. The van der Waals surface area contributed by atoms with Gasteiger partial charge in [0, 0.05) is 23.1 Å². The average molecular weight is 484 g/mol. The van der Waals surface area contributed by atoms with Crippen molar-refractivity contribution >= 4 is 10.9 Å². The zero-order valence-corrected chi connectivity index (χ0v) is 21.0. The third kappa shape index (κ3) is 4.50. The molecule has 8 nitrogen and oxygen atoms in total. The van der Waals surface area contributed by atoms with E-state index in [-0.39, 0.29) is 12.3 Å². The van der Waals surface area contributed by atoms with Crippen LogP contribution in [0.15, 0.2) is 42.6 Å². The second-order valence-corrected chi connectivity index (χ2v) is 9.14. The van der Waals surface area contributed by atoms with Crippen LogP contribution in [-0.4, -0.2) is 33.7 Å².